The van der Waals surface area contributed by atoms with Gasteiger partial charge in [-0.25, -0.2) is 0 Å². The van der Waals surface area contributed by atoms with E-state index in [1.54, 1.807) is 49.2 Å². The minimum Gasteiger partial charge on any atom is -0.378 e. The third kappa shape index (κ3) is 5.44. The first-order chi connectivity index (χ1) is 12.2. The van der Waals surface area contributed by atoms with Crippen LogP contribution >= 0.6 is 0 Å². The summed E-state index contributed by atoms with van der Waals surface area (Å²) in [5.74, 6) is 5.64. The van der Waals surface area contributed by atoms with Gasteiger partial charge in [0.25, 0.3) is 5.91 Å². The number of hydrogen-bond donors (Lipinski definition) is 1. The van der Waals surface area contributed by atoms with Crippen LogP contribution in [0.3, 0.4) is 0 Å². The van der Waals surface area contributed by atoms with Crippen molar-refractivity contribution in [2.45, 2.75) is 45.8 Å². The zero-order valence-corrected chi connectivity index (χ0v) is 16.1. The quantitative estimate of drug-likeness (QED) is 0.862. The van der Waals surface area contributed by atoms with Crippen LogP contribution in [0, 0.1) is 18.8 Å². The van der Waals surface area contributed by atoms with Gasteiger partial charge in [0.15, 0.2) is 0 Å². The highest BCUT2D eigenvalue weighted by molar-refractivity contribution is 5.94. The van der Waals surface area contributed by atoms with E-state index in [0.717, 1.165) is 16.8 Å². The highest BCUT2D eigenvalue weighted by Crippen LogP contribution is 2.13. The summed E-state index contributed by atoms with van der Waals surface area (Å²) >= 11 is 0. The molecule has 0 radical (unpaired) electrons. The van der Waals surface area contributed by atoms with Gasteiger partial charge in [-0.05, 0) is 63.6 Å². The predicted molar refractivity (Wildman–Crippen MR) is 104 cm³/mol. The number of aliphatic hydroxyl groups is 1. The molecule has 1 aromatic carbocycles. The molecule has 1 aromatic heterocycles. The fourth-order valence-electron chi connectivity index (χ4n) is 2.47. The van der Waals surface area contributed by atoms with Crippen LogP contribution in [0.2, 0.25) is 0 Å². The molecule has 4 nitrogen and oxygen atoms in total. The van der Waals surface area contributed by atoms with E-state index in [0.29, 0.717) is 12.0 Å². The molecular formula is C22H26N2O2. The number of benzene rings is 1. The van der Waals surface area contributed by atoms with Crippen molar-refractivity contribution < 1.29 is 9.90 Å². The van der Waals surface area contributed by atoms with E-state index in [2.05, 4.69) is 16.8 Å². The second-order valence-corrected chi connectivity index (χ2v) is 7.12. The lowest BCUT2D eigenvalue weighted by Crippen LogP contribution is -2.36. The summed E-state index contributed by atoms with van der Waals surface area (Å²) in [6.45, 7) is 7.33. The molecule has 2 aromatic rings. The van der Waals surface area contributed by atoms with Crippen LogP contribution in [-0.4, -0.2) is 39.6 Å². The molecule has 1 atom stereocenters. The molecule has 0 saturated carbocycles. The number of hydrogen-bond acceptors (Lipinski definition) is 3. The Balaban J connectivity index is 2.07. The first kappa shape index (κ1) is 19.7. The average molecular weight is 350 g/mol. The van der Waals surface area contributed by atoms with Crippen molar-refractivity contribution in [3.63, 3.8) is 0 Å². The Morgan fingerprint density at radius 3 is 2.50 bits per heavy atom. The van der Waals surface area contributed by atoms with Crippen molar-refractivity contribution in [2.75, 3.05) is 7.05 Å². The van der Waals surface area contributed by atoms with Gasteiger partial charge >= 0.3 is 0 Å². The third-order valence-corrected chi connectivity index (χ3v) is 4.23. The lowest BCUT2D eigenvalue weighted by molar-refractivity contribution is 0.0742. The fourth-order valence-corrected chi connectivity index (χ4v) is 2.47. The lowest BCUT2D eigenvalue weighted by atomic mass is 10.1. The molecule has 0 fully saturated rings. The molecule has 0 aliphatic carbocycles. The summed E-state index contributed by atoms with van der Waals surface area (Å²) < 4.78 is 0. The minimum atomic E-state index is -1.03. The summed E-state index contributed by atoms with van der Waals surface area (Å²) in [7, 11) is 1.81. The van der Waals surface area contributed by atoms with Gasteiger partial charge in [0.1, 0.15) is 5.60 Å². The van der Waals surface area contributed by atoms with E-state index < -0.39 is 5.60 Å². The van der Waals surface area contributed by atoms with Crippen LogP contribution in [0.15, 0.2) is 42.6 Å². The molecule has 136 valence electrons. The van der Waals surface area contributed by atoms with E-state index in [9.17, 15) is 9.90 Å². The van der Waals surface area contributed by atoms with Gasteiger partial charge in [0.05, 0.1) is 0 Å². The Hall–Kier alpha value is -2.64. The van der Waals surface area contributed by atoms with Crippen LogP contribution in [0.5, 0.6) is 0 Å². The number of aryl methyl sites for hydroxylation is 1. The van der Waals surface area contributed by atoms with Crippen molar-refractivity contribution in [1.82, 2.24) is 9.88 Å². The predicted octanol–water partition coefficient (Wildman–Crippen LogP) is 3.22. The van der Waals surface area contributed by atoms with E-state index in [4.69, 9.17) is 0 Å². The molecule has 2 rings (SSSR count). The van der Waals surface area contributed by atoms with Gasteiger partial charge in [-0.1, -0.05) is 17.9 Å². The standard InChI is InChI=1S/C22H26N2O2/c1-16-7-6-14-23-20(16)15-17(2)24(5)21(25)19-10-8-18(9-11-19)12-13-22(3,4)26/h6-11,14,17,26H,15H2,1-5H3/t17-/m1/s1. The summed E-state index contributed by atoms with van der Waals surface area (Å²) in [5, 5.41) is 9.66. The van der Waals surface area contributed by atoms with Crippen molar-refractivity contribution >= 4 is 5.91 Å². The molecule has 0 bridgehead atoms. The largest absolute Gasteiger partial charge is 0.378 e. The molecular weight excluding hydrogens is 324 g/mol. The van der Waals surface area contributed by atoms with E-state index in [1.165, 1.54) is 0 Å². The maximum absolute atomic E-state index is 12.7. The number of carbonyl (C=O) groups is 1. The first-order valence-electron chi connectivity index (χ1n) is 8.70. The highest BCUT2D eigenvalue weighted by Gasteiger charge is 2.18. The fraction of sp³-hybridized carbons (Fsp3) is 0.364. The SMILES string of the molecule is Cc1cccnc1C[C@@H](C)N(C)C(=O)c1ccc(C#CC(C)(C)O)cc1. The van der Waals surface area contributed by atoms with E-state index >= 15 is 0 Å². The zero-order valence-electron chi connectivity index (χ0n) is 16.1. The van der Waals surface area contributed by atoms with E-state index in [1.807, 2.05) is 33.0 Å². The number of pyridine rings is 1. The van der Waals surface area contributed by atoms with Crippen molar-refractivity contribution in [3.8, 4) is 11.8 Å². The van der Waals surface area contributed by atoms with Crippen LogP contribution in [0.1, 0.15) is 48.0 Å². The summed E-state index contributed by atoms with van der Waals surface area (Å²) in [6, 6.07) is 11.1. The van der Waals surface area contributed by atoms with Crippen LogP contribution < -0.4 is 0 Å². The third-order valence-electron chi connectivity index (χ3n) is 4.23. The molecule has 0 aliphatic heterocycles. The van der Waals surface area contributed by atoms with Crippen LogP contribution in [0.25, 0.3) is 0 Å². The first-order valence-corrected chi connectivity index (χ1v) is 8.70. The number of amides is 1. The van der Waals surface area contributed by atoms with Gasteiger partial charge in [0.2, 0.25) is 0 Å². The van der Waals surface area contributed by atoms with Gasteiger partial charge < -0.3 is 10.0 Å². The number of likely N-dealkylation sites (N-methyl/N-ethyl adjacent to an activating group) is 1. The molecule has 1 N–H and O–H groups in total. The molecule has 0 aliphatic rings. The van der Waals surface area contributed by atoms with Crippen molar-refractivity contribution in [3.05, 3.63) is 65.0 Å². The molecule has 26 heavy (non-hydrogen) atoms. The van der Waals surface area contributed by atoms with Gasteiger partial charge in [-0.3, -0.25) is 9.78 Å². The Bertz CT molecular complexity index is 824. The monoisotopic (exact) mass is 350 g/mol. The Labute approximate surface area is 155 Å². The normalized spacial score (nSPS) is 12.1. The van der Waals surface area contributed by atoms with Crippen LogP contribution in [-0.2, 0) is 6.42 Å². The molecule has 0 spiro atoms. The molecule has 1 heterocycles. The smallest absolute Gasteiger partial charge is 0.253 e. The highest BCUT2D eigenvalue weighted by atomic mass is 16.3. The summed E-state index contributed by atoms with van der Waals surface area (Å²) in [6.07, 6.45) is 2.49. The maximum Gasteiger partial charge on any atom is 0.253 e. The van der Waals surface area contributed by atoms with Crippen molar-refractivity contribution in [2.24, 2.45) is 0 Å². The second-order valence-electron chi connectivity index (χ2n) is 7.12. The Morgan fingerprint density at radius 1 is 1.27 bits per heavy atom. The average Bonchev–Trinajstić information content (AvgIpc) is 2.60. The zero-order chi connectivity index (χ0) is 19.3. The summed E-state index contributed by atoms with van der Waals surface area (Å²) in [4.78, 5) is 18.9. The van der Waals surface area contributed by atoms with Gasteiger partial charge in [-0.15, -0.1) is 0 Å². The number of aromatic nitrogens is 1. The Kier molecular flexibility index (Phi) is 6.18. The second kappa shape index (κ2) is 8.16. The number of rotatable bonds is 4. The van der Waals surface area contributed by atoms with Crippen molar-refractivity contribution in [1.29, 1.82) is 0 Å². The topological polar surface area (TPSA) is 53.4 Å². The summed E-state index contributed by atoms with van der Waals surface area (Å²) in [5.41, 5.74) is 2.49. The molecule has 4 heteroatoms. The van der Waals surface area contributed by atoms with Crippen LogP contribution in [0.4, 0.5) is 0 Å². The van der Waals surface area contributed by atoms with E-state index in [-0.39, 0.29) is 11.9 Å². The minimum absolute atomic E-state index is 0.0331. The van der Waals surface area contributed by atoms with Gasteiger partial charge in [0, 0.05) is 42.5 Å². The van der Waals surface area contributed by atoms with Gasteiger partial charge in [-0.2, -0.15) is 0 Å². The number of carbonyl (C=O) groups excluding carboxylic acids is 1. The molecule has 0 unspecified atom stereocenters. The molecule has 1 amide bonds. The lowest BCUT2D eigenvalue weighted by Gasteiger charge is -2.25. The maximum atomic E-state index is 12.7. The molecule has 0 saturated heterocycles. The number of nitrogens with zero attached hydrogens (tertiary/aromatic N) is 2. The Morgan fingerprint density at radius 2 is 1.92 bits per heavy atom.